The highest BCUT2D eigenvalue weighted by Crippen LogP contribution is 2.16. The Bertz CT molecular complexity index is 112. The molecule has 1 aliphatic heterocycles. The maximum absolute atomic E-state index is 10.1. The van der Waals surface area contributed by atoms with Crippen molar-refractivity contribution in [1.82, 2.24) is 5.32 Å². The van der Waals surface area contributed by atoms with Gasteiger partial charge in [0.25, 0.3) is 0 Å². The van der Waals surface area contributed by atoms with Gasteiger partial charge in [-0.25, -0.2) is 0 Å². The molecule has 0 aromatic rings. The van der Waals surface area contributed by atoms with E-state index in [1.807, 2.05) is 0 Å². The molecule has 1 rings (SSSR count). The summed E-state index contributed by atoms with van der Waals surface area (Å²) in [4.78, 5) is 10.1. The molecule has 1 fully saturated rings. The number of nitrogens with one attached hydrogen (secondary N) is 1. The minimum Gasteiger partial charge on any atom is -0.481 e. The second-order valence-corrected chi connectivity index (χ2v) is 3.22. The van der Waals surface area contributed by atoms with E-state index in [2.05, 4.69) is 5.32 Å². The summed E-state index contributed by atoms with van der Waals surface area (Å²) < 4.78 is 0. The summed E-state index contributed by atoms with van der Waals surface area (Å²) in [5.74, 6) is 0.319. The van der Waals surface area contributed by atoms with Crippen molar-refractivity contribution in [3.63, 3.8) is 0 Å². The summed E-state index contributed by atoms with van der Waals surface area (Å²) >= 11 is 1.68. The standard InChI is InChI=1S/C5H9NO2S/c7-5(8)3-4-6-1-2-9-4/h4,6H,1-3H2,(H,7,8). The normalized spacial score (nSPS) is 26.4. The first-order valence-corrected chi connectivity index (χ1v) is 3.90. The van der Waals surface area contributed by atoms with E-state index in [1.54, 1.807) is 11.8 Å². The lowest BCUT2D eigenvalue weighted by molar-refractivity contribution is -0.137. The van der Waals surface area contributed by atoms with E-state index in [0.717, 1.165) is 12.3 Å². The van der Waals surface area contributed by atoms with Crippen LogP contribution in [0.3, 0.4) is 0 Å². The number of carbonyl (C=O) groups is 1. The molecule has 3 nitrogen and oxygen atoms in total. The molecule has 52 valence electrons. The van der Waals surface area contributed by atoms with Crippen LogP contribution in [0, 0.1) is 0 Å². The van der Waals surface area contributed by atoms with Crippen LogP contribution in [-0.4, -0.2) is 28.7 Å². The van der Waals surface area contributed by atoms with E-state index in [9.17, 15) is 4.79 Å². The van der Waals surface area contributed by atoms with Crippen molar-refractivity contribution >= 4 is 17.7 Å². The SMILES string of the molecule is O=C(O)CC1NCCS1. The van der Waals surface area contributed by atoms with Crippen molar-refractivity contribution in [2.75, 3.05) is 12.3 Å². The monoisotopic (exact) mass is 147 g/mol. The van der Waals surface area contributed by atoms with Gasteiger partial charge in [0.05, 0.1) is 11.8 Å². The summed E-state index contributed by atoms with van der Waals surface area (Å²) in [6.45, 7) is 0.947. The first kappa shape index (κ1) is 6.89. The van der Waals surface area contributed by atoms with Gasteiger partial charge in [-0.2, -0.15) is 0 Å². The average molecular weight is 147 g/mol. The average Bonchev–Trinajstić information content (AvgIpc) is 2.15. The van der Waals surface area contributed by atoms with Gasteiger partial charge in [-0.05, 0) is 0 Å². The number of rotatable bonds is 2. The van der Waals surface area contributed by atoms with Crippen molar-refractivity contribution in [1.29, 1.82) is 0 Å². The molecule has 0 aromatic carbocycles. The lowest BCUT2D eigenvalue weighted by Crippen LogP contribution is -2.22. The Balaban J connectivity index is 2.19. The van der Waals surface area contributed by atoms with Gasteiger partial charge in [-0.15, -0.1) is 11.8 Å². The minimum atomic E-state index is -0.720. The molecule has 0 bridgehead atoms. The highest BCUT2D eigenvalue weighted by atomic mass is 32.2. The molecular formula is C5H9NO2S. The largest absolute Gasteiger partial charge is 0.481 e. The fraction of sp³-hybridized carbons (Fsp3) is 0.800. The Morgan fingerprint density at radius 1 is 1.89 bits per heavy atom. The predicted octanol–water partition coefficient (Wildman–Crippen LogP) is 0.124. The summed E-state index contributed by atoms with van der Waals surface area (Å²) in [6.07, 6.45) is 0.241. The molecule has 2 N–H and O–H groups in total. The molecule has 1 heterocycles. The fourth-order valence-corrected chi connectivity index (χ4v) is 1.79. The third-order valence-electron chi connectivity index (χ3n) is 1.15. The Labute approximate surface area is 57.8 Å². The number of thioether (sulfide) groups is 1. The second kappa shape index (κ2) is 3.08. The van der Waals surface area contributed by atoms with Crippen LogP contribution < -0.4 is 5.32 Å². The van der Waals surface area contributed by atoms with Gasteiger partial charge in [0.1, 0.15) is 0 Å². The molecule has 0 radical (unpaired) electrons. The van der Waals surface area contributed by atoms with E-state index >= 15 is 0 Å². The second-order valence-electron chi connectivity index (χ2n) is 1.91. The molecule has 1 atom stereocenters. The van der Waals surface area contributed by atoms with E-state index in [0.29, 0.717) is 0 Å². The van der Waals surface area contributed by atoms with Crippen molar-refractivity contribution in [2.24, 2.45) is 0 Å². The van der Waals surface area contributed by atoms with Crippen LogP contribution in [0.2, 0.25) is 0 Å². The van der Waals surface area contributed by atoms with Crippen molar-refractivity contribution in [3.8, 4) is 0 Å². The third kappa shape index (κ3) is 2.24. The molecule has 0 spiro atoms. The van der Waals surface area contributed by atoms with Crippen LogP contribution in [-0.2, 0) is 4.79 Å². The number of hydrogen-bond donors (Lipinski definition) is 2. The van der Waals surface area contributed by atoms with Gasteiger partial charge >= 0.3 is 5.97 Å². The molecule has 0 amide bonds. The molecule has 1 saturated heterocycles. The highest BCUT2D eigenvalue weighted by molar-refractivity contribution is 8.00. The molecule has 9 heavy (non-hydrogen) atoms. The molecule has 1 aliphatic rings. The predicted molar refractivity (Wildman–Crippen MR) is 36.5 cm³/mol. The summed E-state index contributed by atoms with van der Waals surface area (Å²) in [6, 6.07) is 0. The van der Waals surface area contributed by atoms with Gasteiger partial charge in [0.15, 0.2) is 0 Å². The van der Waals surface area contributed by atoms with E-state index in [1.165, 1.54) is 0 Å². The highest BCUT2D eigenvalue weighted by Gasteiger charge is 2.16. The molecule has 1 unspecified atom stereocenters. The van der Waals surface area contributed by atoms with Crippen LogP contribution >= 0.6 is 11.8 Å². The van der Waals surface area contributed by atoms with Gasteiger partial charge in [-0.1, -0.05) is 0 Å². The number of hydrogen-bond acceptors (Lipinski definition) is 3. The number of aliphatic carboxylic acids is 1. The van der Waals surface area contributed by atoms with Crippen LogP contribution in [0.25, 0.3) is 0 Å². The number of carboxylic acid groups (broad SMARTS) is 1. The van der Waals surface area contributed by atoms with Gasteiger partial charge in [0.2, 0.25) is 0 Å². The maximum Gasteiger partial charge on any atom is 0.305 e. The first-order valence-electron chi connectivity index (χ1n) is 2.86. The summed E-state index contributed by atoms with van der Waals surface area (Å²) in [5, 5.41) is 11.5. The molecular weight excluding hydrogens is 138 g/mol. The summed E-state index contributed by atoms with van der Waals surface area (Å²) in [5.41, 5.74) is 0. The van der Waals surface area contributed by atoms with E-state index in [4.69, 9.17) is 5.11 Å². The zero-order valence-electron chi connectivity index (χ0n) is 4.96. The van der Waals surface area contributed by atoms with Crippen molar-refractivity contribution in [2.45, 2.75) is 11.8 Å². The van der Waals surface area contributed by atoms with Crippen LogP contribution in [0.15, 0.2) is 0 Å². The van der Waals surface area contributed by atoms with Crippen LogP contribution in [0.5, 0.6) is 0 Å². The third-order valence-corrected chi connectivity index (χ3v) is 2.33. The Morgan fingerprint density at radius 2 is 2.67 bits per heavy atom. The number of carboxylic acids is 1. The Kier molecular flexibility index (Phi) is 2.36. The maximum atomic E-state index is 10.1. The van der Waals surface area contributed by atoms with Crippen molar-refractivity contribution in [3.05, 3.63) is 0 Å². The Hall–Kier alpha value is -0.220. The van der Waals surface area contributed by atoms with Crippen LogP contribution in [0.4, 0.5) is 0 Å². The van der Waals surface area contributed by atoms with E-state index in [-0.39, 0.29) is 11.8 Å². The quantitative estimate of drug-likeness (QED) is 0.582. The van der Waals surface area contributed by atoms with Gasteiger partial charge in [-0.3, -0.25) is 4.79 Å². The smallest absolute Gasteiger partial charge is 0.305 e. The van der Waals surface area contributed by atoms with Crippen molar-refractivity contribution < 1.29 is 9.90 Å². The summed E-state index contributed by atoms with van der Waals surface area (Å²) in [7, 11) is 0. The van der Waals surface area contributed by atoms with E-state index < -0.39 is 5.97 Å². The fourth-order valence-electron chi connectivity index (χ4n) is 0.770. The lowest BCUT2D eigenvalue weighted by Gasteiger charge is -2.02. The first-order chi connectivity index (χ1) is 4.29. The topological polar surface area (TPSA) is 49.3 Å². The zero-order valence-corrected chi connectivity index (χ0v) is 5.78. The van der Waals surface area contributed by atoms with Gasteiger partial charge < -0.3 is 10.4 Å². The minimum absolute atomic E-state index is 0.155. The molecule has 0 aliphatic carbocycles. The molecule has 0 aromatic heterocycles. The molecule has 0 saturated carbocycles. The van der Waals surface area contributed by atoms with Gasteiger partial charge in [0, 0.05) is 12.3 Å². The lowest BCUT2D eigenvalue weighted by atomic mass is 10.4. The Morgan fingerprint density at radius 3 is 3.11 bits per heavy atom. The zero-order chi connectivity index (χ0) is 6.69. The van der Waals surface area contributed by atoms with Crippen LogP contribution in [0.1, 0.15) is 6.42 Å². The molecule has 4 heteroatoms.